The molecule has 0 aliphatic carbocycles. The Bertz CT molecular complexity index is 719. The van der Waals surface area contributed by atoms with Crippen molar-refractivity contribution in [1.82, 2.24) is 15.2 Å². The summed E-state index contributed by atoms with van der Waals surface area (Å²) in [6, 6.07) is 1.05. The van der Waals surface area contributed by atoms with E-state index >= 15 is 0 Å². The van der Waals surface area contributed by atoms with Gasteiger partial charge in [0.2, 0.25) is 5.91 Å². The van der Waals surface area contributed by atoms with Crippen LogP contribution in [0.15, 0.2) is 18.5 Å². The highest BCUT2D eigenvalue weighted by atomic mass is 32.3. The van der Waals surface area contributed by atoms with E-state index in [4.69, 9.17) is 0 Å². The van der Waals surface area contributed by atoms with Crippen molar-refractivity contribution in [2.24, 2.45) is 0 Å². The fourth-order valence-corrected chi connectivity index (χ4v) is 2.43. The fraction of sp³-hybridized carbons (Fsp3) is 0.417. The van der Waals surface area contributed by atoms with Gasteiger partial charge in [0.1, 0.15) is 5.54 Å². The molecule has 8 nitrogen and oxygen atoms in total. The maximum absolute atomic E-state index is 12.5. The first-order chi connectivity index (χ1) is 10.1. The van der Waals surface area contributed by atoms with E-state index in [0.29, 0.717) is 6.54 Å². The predicted octanol–water partition coefficient (Wildman–Crippen LogP) is 0.0253. The molecule has 1 aromatic heterocycles. The van der Waals surface area contributed by atoms with E-state index in [1.54, 1.807) is 13.8 Å². The molecule has 0 unspecified atom stereocenters. The molecule has 22 heavy (non-hydrogen) atoms. The lowest BCUT2D eigenvalue weighted by Crippen LogP contribution is -2.63. The minimum absolute atomic E-state index is 0.0103. The molecule has 2 heterocycles. The topological polar surface area (TPSA) is 106 Å². The van der Waals surface area contributed by atoms with Crippen LogP contribution in [0.1, 0.15) is 24.2 Å². The van der Waals surface area contributed by atoms with Gasteiger partial charge < -0.3 is 14.4 Å². The summed E-state index contributed by atoms with van der Waals surface area (Å²) in [5.74, 6) is -1.26. The Morgan fingerprint density at radius 1 is 1.45 bits per heavy atom. The van der Waals surface area contributed by atoms with Gasteiger partial charge in [-0.15, -0.1) is 0 Å². The van der Waals surface area contributed by atoms with Crippen molar-refractivity contribution in [1.29, 1.82) is 0 Å². The molecule has 1 N–H and O–H groups in total. The smallest absolute Gasteiger partial charge is 0.357 e. The molecule has 2 rings (SSSR count). The molecule has 0 radical (unpaired) electrons. The number of nitrogens with one attached hydrogen (secondary N) is 1. The summed E-state index contributed by atoms with van der Waals surface area (Å²) in [4.78, 5) is 29.3. The number of hydrogen-bond acceptors (Lipinski definition) is 6. The standard InChI is InChI=1S/C12H14FN3O5S/c1-12(2)11(18)15-3-4-16(12)10(17)8-5-9(7-14-6-8)21-22(13,19)20/h5-7H,3-4H2,1-2H3,(H,15,18). The van der Waals surface area contributed by atoms with Crippen molar-refractivity contribution in [3.63, 3.8) is 0 Å². The zero-order valence-corrected chi connectivity index (χ0v) is 12.7. The number of hydrogen-bond donors (Lipinski definition) is 1. The Kier molecular flexibility index (Phi) is 4.05. The third-order valence-corrected chi connectivity index (χ3v) is 3.64. The summed E-state index contributed by atoms with van der Waals surface area (Å²) in [7, 11) is -5.21. The Morgan fingerprint density at radius 2 is 2.14 bits per heavy atom. The summed E-state index contributed by atoms with van der Waals surface area (Å²) >= 11 is 0. The Balaban J connectivity index is 2.30. The highest BCUT2D eigenvalue weighted by Gasteiger charge is 2.40. The maximum Gasteiger partial charge on any atom is 0.488 e. The second-order valence-electron chi connectivity index (χ2n) is 5.16. The summed E-state index contributed by atoms with van der Waals surface area (Å²) in [5, 5.41) is 2.65. The lowest BCUT2D eigenvalue weighted by Gasteiger charge is -2.41. The van der Waals surface area contributed by atoms with Crippen LogP contribution in [0.5, 0.6) is 5.75 Å². The van der Waals surface area contributed by atoms with Crippen LogP contribution in [0.4, 0.5) is 3.89 Å². The van der Waals surface area contributed by atoms with Crippen LogP contribution in [0.25, 0.3) is 0 Å². The number of nitrogens with zero attached hydrogens (tertiary/aromatic N) is 2. The first-order valence-corrected chi connectivity index (χ1v) is 7.61. The van der Waals surface area contributed by atoms with Crippen molar-refractivity contribution < 1.29 is 26.1 Å². The first kappa shape index (κ1) is 16.1. The molecule has 2 amide bonds. The van der Waals surface area contributed by atoms with Crippen LogP contribution < -0.4 is 9.50 Å². The van der Waals surface area contributed by atoms with Crippen LogP contribution >= 0.6 is 0 Å². The minimum atomic E-state index is -5.21. The number of halogens is 1. The maximum atomic E-state index is 12.5. The van der Waals surface area contributed by atoms with Crippen molar-refractivity contribution in [3.05, 3.63) is 24.0 Å². The monoisotopic (exact) mass is 331 g/mol. The van der Waals surface area contributed by atoms with E-state index in [0.717, 1.165) is 12.3 Å². The molecule has 1 fully saturated rings. The van der Waals surface area contributed by atoms with Crippen molar-refractivity contribution in [3.8, 4) is 5.75 Å². The number of aromatic nitrogens is 1. The number of carbonyl (C=O) groups excluding carboxylic acids is 2. The van der Waals surface area contributed by atoms with Crippen molar-refractivity contribution in [2.45, 2.75) is 19.4 Å². The second-order valence-corrected chi connectivity index (χ2v) is 6.11. The summed E-state index contributed by atoms with van der Waals surface area (Å²) in [6.45, 7) is 3.75. The molecule has 1 saturated heterocycles. The molecule has 0 saturated carbocycles. The van der Waals surface area contributed by atoms with Crippen LogP contribution in [-0.4, -0.2) is 48.7 Å². The van der Waals surface area contributed by atoms with Gasteiger partial charge in [-0.2, -0.15) is 8.42 Å². The Labute approximate surface area is 126 Å². The first-order valence-electron chi connectivity index (χ1n) is 6.30. The quantitative estimate of drug-likeness (QED) is 0.783. The van der Waals surface area contributed by atoms with Gasteiger partial charge in [-0.05, 0) is 19.9 Å². The van der Waals surface area contributed by atoms with E-state index in [2.05, 4.69) is 14.5 Å². The van der Waals surface area contributed by atoms with Gasteiger partial charge in [-0.1, -0.05) is 3.89 Å². The Morgan fingerprint density at radius 3 is 2.77 bits per heavy atom. The molecule has 10 heteroatoms. The number of piperazine rings is 1. The van der Waals surface area contributed by atoms with Gasteiger partial charge in [-0.3, -0.25) is 14.6 Å². The molecule has 1 aliphatic heterocycles. The van der Waals surface area contributed by atoms with E-state index in [1.165, 1.54) is 11.1 Å². The van der Waals surface area contributed by atoms with Crippen molar-refractivity contribution >= 4 is 22.3 Å². The van der Waals surface area contributed by atoms with Gasteiger partial charge in [0.15, 0.2) is 5.75 Å². The molecule has 0 aromatic carbocycles. The molecule has 120 valence electrons. The third kappa shape index (κ3) is 3.32. The van der Waals surface area contributed by atoms with E-state index in [-0.39, 0.29) is 18.0 Å². The fourth-order valence-electron chi connectivity index (χ4n) is 2.11. The average Bonchev–Trinajstić information content (AvgIpc) is 2.39. The Hall–Kier alpha value is -2.23. The largest absolute Gasteiger partial charge is 0.488 e. The highest BCUT2D eigenvalue weighted by Crippen LogP contribution is 2.22. The van der Waals surface area contributed by atoms with Crippen molar-refractivity contribution in [2.75, 3.05) is 13.1 Å². The van der Waals surface area contributed by atoms with Gasteiger partial charge in [0, 0.05) is 19.3 Å². The lowest BCUT2D eigenvalue weighted by atomic mass is 9.98. The van der Waals surface area contributed by atoms with E-state index < -0.39 is 27.7 Å². The lowest BCUT2D eigenvalue weighted by molar-refractivity contribution is -0.133. The molecule has 0 spiro atoms. The highest BCUT2D eigenvalue weighted by molar-refractivity contribution is 7.81. The number of pyridine rings is 1. The summed E-state index contributed by atoms with van der Waals surface area (Å²) in [5.41, 5.74) is -1.08. The number of rotatable bonds is 3. The molecule has 0 bridgehead atoms. The number of amides is 2. The summed E-state index contributed by atoms with van der Waals surface area (Å²) in [6.07, 6.45) is 2.14. The zero-order valence-electron chi connectivity index (χ0n) is 11.9. The minimum Gasteiger partial charge on any atom is -0.357 e. The molecule has 0 atom stereocenters. The average molecular weight is 331 g/mol. The van der Waals surface area contributed by atoms with Gasteiger partial charge >= 0.3 is 10.5 Å². The predicted molar refractivity (Wildman–Crippen MR) is 73.0 cm³/mol. The molecular formula is C12H14FN3O5S. The van der Waals surface area contributed by atoms with Crippen LogP contribution in [0.2, 0.25) is 0 Å². The van der Waals surface area contributed by atoms with Gasteiger partial charge in [0.25, 0.3) is 5.91 Å². The molecule has 1 aliphatic rings. The summed E-state index contributed by atoms with van der Waals surface area (Å²) < 4.78 is 37.5. The van der Waals surface area contributed by atoms with Crippen LogP contribution in [0, 0.1) is 0 Å². The SMILES string of the molecule is CC1(C)C(=O)NCCN1C(=O)c1cncc(OS(=O)(=O)F)c1. The molecular weight excluding hydrogens is 317 g/mol. The molecule has 1 aromatic rings. The van der Waals surface area contributed by atoms with E-state index in [9.17, 15) is 21.9 Å². The van der Waals surface area contributed by atoms with Gasteiger partial charge in [0.05, 0.1) is 11.8 Å². The van der Waals surface area contributed by atoms with Gasteiger partial charge in [-0.25, -0.2) is 0 Å². The normalized spacial score (nSPS) is 17.8. The number of carbonyl (C=O) groups is 2. The second kappa shape index (κ2) is 5.52. The van der Waals surface area contributed by atoms with Crippen LogP contribution in [0.3, 0.4) is 0 Å². The third-order valence-electron chi connectivity index (χ3n) is 3.25. The zero-order chi connectivity index (χ0) is 16.5. The van der Waals surface area contributed by atoms with Crippen LogP contribution in [-0.2, 0) is 15.3 Å². The van der Waals surface area contributed by atoms with E-state index in [1.807, 2.05) is 0 Å².